The first-order chi connectivity index (χ1) is 3.66. The molecule has 1 amide bonds. The van der Waals surface area contributed by atoms with Crippen molar-refractivity contribution in [3.8, 4) is 0 Å². The number of hydrogen-bond donors (Lipinski definition) is 2. The lowest BCUT2D eigenvalue weighted by Crippen LogP contribution is -2.26. The Morgan fingerprint density at radius 2 is 2.25 bits per heavy atom. The van der Waals surface area contributed by atoms with Crippen molar-refractivity contribution in [2.24, 2.45) is 0 Å². The first kappa shape index (κ1) is 7.14. The van der Waals surface area contributed by atoms with Crippen molar-refractivity contribution in [1.82, 2.24) is 5.32 Å². The number of carbonyl (C=O) groups is 1. The maximum absolute atomic E-state index is 10.4. The third-order valence-corrected chi connectivity index (χ3v) is 0.648. The van der Waals surface area contributed by atoms with Gasteiger partial charge in [0.15, 0.2) is 0 Å². The van der Waals surface area contributed by atoms with Crippen molar-refractivity contribution in [2.75, 3.05) is 0 Å². The molecule has 0 radical (unpaired) electrons. The van der Waals surface area contributed by atoms with E-state index in [1.54, 1.807) is 6.92 Å². The summed E-state index contributed by atoms with van der Waals surface area (Å²) in [5.41, 5.74) is 0. The molecule has 0 atom stereocenters. The Hall–Kier alpha value is -0.860. The number of carbonyl (C=O) groups excluding carboxylic acids is 1. The van der Waals surface area contributed by atoms with Crippen molar-refractivity contribution in [1.29, 1.82) is 5.41 Å². The van der Waals surface area contributed by atoms with Crippen LogP contribution in [0.5, 0.6) is 0 Å². The molecule has 0 aromatic rings. The second-order valence-electron chi connectivity index (χ2n) is 1.53. The molecule has 0 unspecified atom stereocenters. The maximum Gasteiger partial charge on any atom is 0.224 e. The molecule has 3 nitrogen and oxygen atoms in total. The van der Waals surface area contributed by atoms with Gasteiger partial charge in [-0.1, -0.05) is 6.92 Å². The Labute approximate surface area is 48.6 Å². The van der Waals surface area contributed by atoms with Gasteiger partial charge in [-0.25, -0.2) is 0 Å². The zero-order valence-electron chi connectivity index (χ0n) is 5.12. The van der Waals surface area contributed by atoms with E-state index in [0.29, 0.717) is 6.42 Å². The highest BCUT2D eigenvalue weighted by Gasteiger charge is 1.93. The van der Waals surface area contributed by atoms with Gasteiger partial charge in [0.1, 0.15) is 0 Å². The number of nitrogens with one attached hydrogen (secondary N) is 2. The highest BCUT2D eigenvalue weighted by molar-refractivity contribution is 5.95. The van der Waals surface area contributed by atoms with Crippen LogP contribution in [-0.4, -0.2) is 11.7 Å². The smallest absolute Gasteiger partial charge is 0.224 e. The zero-order valence-corrected chi connectivity index (χ0v) is 5.12. The van der Waals surface area contributed by atoms with Crippen LogP contribution in [0.15, 0.2) is 0 Å². The predicted octanol–water partition coefficient (Wildman–Crippen LogP) is 0.510. The van der Waals surface area contributed by atoms with Crippen LogP contribution < -0.4 is 5.32 Å². The van der Waals surface area contributed by atoms with Crippen molar-refractivity contribution in [2.45, 2.75) is 20.3 Å². The van der Waals surface area contributed by atoms with E-state index >= 15 is 0 Å². The molecule has 0 fully saturated rings. The minimum absolute atomic E-state index is 0.0995. The molecule has 8 heavy (non-hydrogen) atoms. The van der Waals surface area contributed by atoms with E-state index in [1.807, 2.05) is 0 Å². The summed E-state index contributed by atoms with van der Waals surface area (Å²) in [7, 11) is 0. The summed E-state index contributed by atoms with van der Waals surface area (Å²) in [6.07, 6.45) is 0.441. The Kier molecular flexibility index (Phi) is 2.84. The van der Waals surface area contributed by atoms with Gasteiger partial charge in [0, 0.05) is 6.42 Å². The van der Waals surface area contributed by atoms with Gasteiger partial charge in [-0.15, -0.1) is 0 Å². The van der Waals surface area contributed by atoms with E-state index in [2.05, 4.69) is 5.32 Å². The van der Waals surface area contributed by atoms with E-state index in [0.717, 1.165) is 0 Å². The minimum atomic E-state index is -0.0995. The number of hydrogen-bond acceptors (Lipinski definition) is 2. The molecular weight excluding hydrogens is 104 g/mol. The first-order valence-corrected chi connectivity index (χ1v) is 2.51. The third kappa shape index (κ3) is 3.33. The second-order valence-corrected chi connectivity index (χ2v) is 1.53. The molecule has 0 aromatic heterocycles. The van der Waals surface area contributed by atoms with Gasteiger partial charge in [0.2, 0.25) is 5.91 Å². The standard InChI is InChI=1S/C5H10N2O/c1-3-5(8)7-4(2)6/h3H2,1-2H3,(H2,6,7,8). The lowest BCUT2D eigenvalue weighted by Gasteiger charge is -1.96. The largest absolute Gasteiger partial charge is 0.315 e. The molecule has 0 saturated heterocycles. The van der Waals surface area contributed by atoms with Crippen molar-refractivity contribution in [3.05, 3.63) is 0 Å². The van der Waals surface area contributed by atoms with Gasteiger partial charge in [-0.3, -0.25) is 10.2 Å². The summed E-state index contributed by atoms with van der Waals surface area (Å²) < 4.78 is 0. The summed E-state index contributed by atoms with van der Waals surface area (Å²) in [6.45, 7) is 3.28. The molecule has 0 aliphatic heterocycles. The number of rotatable bonds is 1. The van der Waals surface area contributed by atoms with Crippen LogP contribution in [0.4, 0.5) is 0 Å². The lowest BCUT2D eigenvalue weighted by atomic mass is 10.4. The summed E-state index contributed by atoms with van der Waals surface area (Å²) >= 11 is 0. The van der Waals surface area contributed by atoms with E-state index in [-0.39, 0.29) is 11.7 Å². The summed E-state index contributed by atoms with van der Waals surface area (Å²) in [4.78, 5) is 10.4. The number of amides is 1. The van der Waals surface area contributed by atoms with Gasteiger partial charge in [0.05, 0.1) is 5.84 Å². The van der Waals surface area contributed by atoms with Crippen LogP contribution in [0.3, 0.4) is 0 Å². The number of amidine groups is 1. The molecule has 0 heterocycles. The Bertz CT molecular complexity index is 109. The minimum Gasteiger partial charge on any atom is -0.315 e. The summed E-state index contributed by atoms with van der Waals surface area (Å²) in [5, 5.41) is 9.13. The monoisotopic (exact) mass is 114 g/mol. The average Bonchev–Trinajstić information content (AvgIpc) is 1.65. The molecule has 0 saturated carbocycles. The molecule has 0 bridgehead atoms. The van der Waals surface area contributed by atoms with Crippen molar-refractivity contribution < 1.29 is 4.79 Å². The molecule has 0 aromatic carbocycles. The van der Waals surface area contributed by atoms with Crippen molar-refractivity contribution in [3.63, 3.8) is 0 Å². The average molecular weight is 114 g/mol. The van der Waals surface area contributed by atoms with Gasteiger partial charge in [0.25, 0.3) is 0 Å². The molecule has 46 valence electrons. The predicted molar refractivity (Wildman–Crippen MR) is 31.8 cm³/mol. The Morgan fingerprint density at radius 1 is 1.75 bits per heavy atom. The Balaban J connectivity index is 3.40. The van der Waals surface area contributed by atoms with Crippen molar-refractivity contribution >= 4 is 11.7 Å². The SMILES string of the molecule is CCC(=O)NC(C)=N. The summed E-state index contributed by atoms with van der Waals surface area (Å²) in [5.74, 6) is 0.106. The van der Waals surface area contributed by atoms with Crippen LogP contribution in [0.1, 0.15) is 20.3 Å². The second kappa shape index (κ2) is 3.18. The van der Waals surface area contributed by atoms with Gasteiger partial charge < -0.3 is 5.32 Å². The molecular formula is C5H10N2O. The Morgan fingerprint density at radius 3 is 2.38 bits per heavy atom. The van der Waals surface area contributed by atoms with E-state index in [9.17, 15) is 4.79 Å². The van der Waals surface area contributed by atoms with E-state index in [4.69, 9.17) is 5.41 Å². The van der Waals surface area contributed by atoms with Crippen LogP contribution in [0, 0.1) is 5.41 Å². The third-order valence-electron chi connectivity index (χ3n) is 0.648. The quantitative estimate of drug-likeness (QED) is 0.378. The molecule has 3 heteroatoms. The molecule has 0 rings (SSSR count). The van der Waals surface area contributed by atoms with Crippen LogP contribution in [0.2, 0.25) is 0 Å². The summed E-state index contributed by atoms with van der Waals surface area (Å²) in [6, 6.07) is 0. The fourth-order valence-corrected chi connectivity index (χ4v) is 0.298. The van der Waals surface area contributed by atoms with Gasteiger partial charge in [-0.2, -0.15) is 0 Å². The first-order valence-electron chi connectivity index (χ1n) is 2.51. The molecule has 2 N–H and O–H groups in total. The lowest BCUT2D eigenvalue weighted by molar-refractivity contribution is -0.119. The molecule has 0 aliphatic rings. The zero-order chi connectivity index (χ0) is 6.57. The van der Waals surface area contributed by atoms with E-state index < -0.39 is 0 Å². The highest BCUT2D eigenvalue weighted by atomic mass is 16.1. The normalized spacial score (nSPS) is 8.25. The fourth-order valence-electron chi connectivity index (χ4n) is 0.298. The van der Waals surface area contributed by atoms with E-state index in [1.165, 1.54) is 6.92 Å². The van der Waals surface area contributed by atoms with Crippen LogP contribution in [-0.2, 0) is 4.79 Å². The molecule has 0 aliphatic carbocycles. The fraction of sp³-hybridized carbons (Fsp3) is 0.600. The maximum atomic E-state index is 10.4. The van der Waals surface area contributed by atoms with Crippen LogP contribution in [0.25, 0.3) is 0 Å². The topological polar surface area (TPSA) is 53.0 Å². The molecule has 0 spiro atoms. The van der Waals surface area contributed by atoms with Gasteiger partial charge >= 0.3 is 0 Å². The van der Waals surface area contributed by atoms with Gasteiger partial charge in [-0.05, 0) is 6.92 Å². The highest BCUT2D eigenvalue weighted by Crippen LogP contribution is 1.73. The van der Waals surface area contributed by atoms with Crippen LogP contribution >= 0.6 is 0 Å².